The number of hydrogen-bond acceptors (Lipinski definition) is 6. The first-order chi connectivity index (χ1) is 13.4. The van der Waals surface area contributed by atoms with Crippen LogP contribution in [-0.2, 0) is 19.0 Å². The average Bonchev–Trinajstić information content (AvgIpc) is 2.73. The summed E-state index contributed by atoms with van der Waals surface area (Å²) in [5, 5.41) is 22.2. The summed E-state index contributed by atoms with van der Waals surface area (Å²) in [6, 6.07) is 8.49. The van der Waals surface area contributed by atoms with Gasteiger partial charge >= 0.3 is 5.97 Å². The van der Waals surface area contributed by atoms with Gasteiger partial charge in [-0.05, 0) is 31.7 Å². The Morgan fingerprint density at radius 1 is 1.07 bits per heavy atom. The summed E-state index contributed by atoms with van der Waals surface area (Å²) in [6.07, 6.45) is 1.03. The van der Waals surface area contributed by atoms with Crippen LogP contribution in [0.4, 0.5) is 0 Å². The molecule has 0 aliphatic carbocycles. The standard InChI is InChI=1S/C22H36O6/c1-5-9-13-17(6-2)16-28-20(24)22(25,21(26-7-3)27-8-4)19(23)18-14-11-10-12-15-18/h10-12,14-15,17,19,21,23,25H,5-9,13,16H2,1-4H3/t17?,19?,22-/m0/s1. The van der Waals surface area contributed by atoms with Gasteiger partial charge in [-0.1, -0.05) is 63.4 Å². The molecular formula is C22H36O6. The zero-order valence-electron chi connectivity index (χ0n) is 17.6. The first kappa shape index (κ1) is 24.6. The van der Waals surface area contributed by atoms with E-state index >= 15 is 0 Å². The lowest BCUT2D eigenvalue weighted by atomic mass is 9.90. The molecule has 0 aliphatic heterocycles. The predicted octanol–water partition coefficient (Wildman–Crippen LogP) is 3.61. The molecule has 0 amide bonds. The maximum atomic E-state index is 13.0. The highest BCUT2D eigenvalue weighted by Gasteiger charge is 2.54. The second-order valence-corrected chi connectivity index (χ2v) is 6.90. The Morgan fingerprint density at radius 3 is 2.18 bits per heavy atom. The van der Waals surface area contributed by atoms with Crippen LogP contribution in [-0.4, -0.2) is 47.9 Å². The van der Waals surface area contributed by atoms with E-state index in [-0.39, 0.29) is 25.7 Å². The molecule has 160 valence electrons. The van der Waals surface area contributed by atoms with E-state index in [2.05, 4.69) is 6.92 Å². The number of aliphatic hydroxyl groups is 2. The van der Waals surface area contributed by atoms with Crippen molar-refractivity contribution in [2.24, 2.45) is 5.92 Å². The lowest BCUT2D eigenvalue weighted by Crippen LogP contribution is -2.57. The molecule has 0 saturated heterocycles. The van der Waals surface area contributed by atoms with Crippen LogP contribution in [0, 0.1) is 5.92 Å². The number of aliphatic hydroxyl groups excluding tert-OH is 1. The lowest BCUT2D eigenvalue weighted by Gasteiger charge is -2.37. The molecule has 0 spiro atoms. The summed E-state index contributed by atoms with van der Waals surface area (Å²) in [5.74, 6) is -0.731. The first-order valence-electron chi connectivity index (χ1n) is 10.3. The van der Waals surface area contributed by atoms with Gasteiger partial charge in [0.25, 0.3) is 0 Å². The summed E-state index contributed by atoms with van der Waals surface area (Å²) in [4.78, 5) is 13.0. The summed E-state index contributed by atoms with van der Waals surface area (Å²) in [6.45, 7) is 8.20. The molecule has 6 heteroatoms. The Bertz CT molecular complexity index is 543. The van der Waals surface area contributed by atoms with Crippen molar-refractivity contribution < 1.29 is 29.2 Å². The van der Waals surface area contributed by atoms with Crippen molar-refractivity contribution in [1.82, 2.24) is 0 Å². The van der Waals surface area contributed by atoms with Crippen LogP contribution < -0.4 is 0 Å². The van der Waals surface area contributed by atoms with Crippen LogP contribution >= 0.6 is 0 Å². The number of esters is 1. The normalized spacial score (nSPS) is 15.8. The van der Waals surface area contributed by atoms with Crippen molar-refractivity contribution in [3.8, 4) is 0 Å². The molecule has 1 aromatic rings. The Kier molecular flexibility index (Phi) is 11.3. The number of benzene rings is 1. The monoisotopic (exact) mass is 396 g/mol. The van der Waals surface area contributed by atoms with Crippen molar-refractivity contribution in [3.63, 3.8) is 0 Å². The fourth-order valence-corrected chi connectivity index (χ4v) is 3.04. The third-order valence-electron chi connectivity index (χ3n) is 4.85. The van der Waals surface area contributed by atoms with Gasteiger partial charge in [0, 0.05) is 13.2 Å². The van der Waals surface area contributed by atoms with Crippen LogP contribution in [0.5, 0.6) is 0 Å². The van der Waals surface area contributed by atoms with E-state index in [1.54, 1.807) is 44.2 Å². The fraction of sp³-hybridized carbons (Fsp3) is 0.682. The maximum Gasteiger partial charge on any atom is 0.346 e. The van der Waals surface area contributed by atoms with Gasteiger partial charge in [-0.2, -0.15) is 0 Å². The number of carbonyl (C=O) groups is 1. The highest BCUT2D eigenvalue weighted by molar-refractivity contribution is 5.81. The Labute approximate surface area is 168 Å². The van der Waals surface area contributed by atoms with Gasteiger partial charge < -0.3 is 24.4 Å². The maximum absolute atomic E-state index is 13.0. The Morgan fingerprint density at radius 2 is 1.68 bits per heavy atom. The van der Waals surface area contributed by atoms with Crippen molar-refractivity contribution in [2.75, 3.05) is 19.8 Å². The quantitative estimate of drug-likeness (QED) is 0.369. The van der Waals surface area contributed by atoms with E-state index in [0.29, 0.717) is 5.56 Å². The van der Waals surface area contributed by atoms with E-state index in [1.165, 1.54) is 0 Å². The molecule has 6 nitrogen and oxygen atoms in total. The summed E-state index contributed by atoms with van der Waals surface area (Å²) in [5.41, 5.74) is -2.00. The number of carbonyl (C=O) groups excluding carboxylic acids is 1. The van der Waals surface area contributed by atoms with Crippen molar-refractivity contribution >= 4 is 5.97 Å². The number of unbranched alkanes of at least 4 members (excludes halogenated alkanes) is 1. The molecule has 1 rings (SSSR count). The van der Waals surface area contributed by atoms with Crippen molar-refractivity contribution in [1.29, 1.82) is 0 Å². The predicted molar refractivity (Wildman–Crippen MR) is 108 cm³/mol. The molecule has 0 bridgehead atoms. The minimum Gasteiger partial charge on any atom is -0.463 e. The third kappa shape index (κ3) is 6.55. The first-order valence-corrected chi connectivity index (χ1v) is 10.3. The number of hydrogen-bond donors (Lipinski definition) is 2. The van der Waals surface area contributed by atoms with E-state index < -0.39 is 24.0 Å². The summed E-state index contributed by atoms with van der Waals surface area (Å²) in [7, 11) is 0. The fourth-order valence-electron chi connectivity index (χ4n) is 3.04. The van der Waals surface area contributed by atoms with Gasteiger partial charge in [0.05, 0.1) is 6.61 Å². The van der Waals surface area contributed by atoms with Crippen LogP contribution in [0.3, 0.4) is 0 Å². The molecule has 0 radical (unpaired) electrons. The van der Waals surface area contributed by atoms with E-state index in [4.69, 9.17) is 14.2 Å². The molecule has 3 atom stereocenters. The average molecular weight is 397 g/mol. The molecule has 2 N–H and O–H groups in total. The second kappa shape index (κ2) is 12.9. The van der Waals surface area contributed by atoms with Crippen LogP contribution in [0.15, 0.2) is 30.3 Å². The van der Waals surface area contributed by atoms with Gasteiger partial charge in [-0.3, -0.25) is 0 Å². The summed E-state index contributed by atoms with van der Waals surface area (Å²) >= 11 is 0. The van der Waals surface area contributed by atoms with Gasteiger partial charge in [-0.25, -0.2) is 4.79 Å². The topological polar surface area (TPSA) is 85.2 Å². The van der Waals surface area contributed by atoms with Crippen LogP contribution in [0.1, 0.15) is 65.0 Å². The van der Waals surface area contributed by atoms with Gasteiger partial charge in [0.15, 0.2) is 6.29 Å². The molecule has 28 heavy (non-hydrogen) atoms. The Balaban J connectivity index is 3.09. The smallest absolute Gasteiger partial charge is 0.346 e. The highest BCUT2D eigenvalue weighted by Crippen LogP contribution is 2.33. The lowest BCUT2D eigenvalue weighted by molar-refractivity contribution is -0.267. The molecule has 0 heterocycles. The third-order valence-corrected chi connectivity index (χ3v) is 4.85. The minimum atomic E-state index is -2.38. The number of ether oxygens (including phenoxy) is 3. The van der Waals surface area contributed by atoms with Crippen molar-refractivity contribution in [2.45, 2.75) is 71.4 Å². The summed E-state index contributed by atoms with van der Waals surface area (Å²) < 4.78 is 16.4. The largest absolute Gasteiger partial charge is 0.463 e. The van der Waals surface area contributed by atoms with Gasteiger partial charge in [0.2, 0.25) is 5.60 Å². The second-order valence-electron chi connectivity index (χ2n) is 6.90. The molecule has 1 aromatic carbocycles. The molecular weight excluding hydrogens is 360 g/mol. The van der Waals surface area contributed by atoms with Crippen LogP contribution in [0.25, 0.3) is 0 Å². The molecule has 0 saturated carbocycles. The zero-order valence-corrected chi connectivity index (χ0v) is 17.6. The Hall–Kier alpha value is -1.47. The van der Waals surface area contributed by atoms with E-state index in [1.807, 2.05) is 6.92 Å². The van der Waals surface area contributed by atoms with Crippen LogP contribution in [0.2, 0.25) is 0 Å². The SMILES string of the molecule is CCCCC(CC)COC(=O)[C@](O)(C(OCC)OCC)C(O)c1ccccc1. The number of rotatable bonds is 14. The zero-order chi connectivity index (χ0) is 21.0. The molecule has 0 aliphatic rings. The van der Waals surface area contributed by atoms with Crippen molar-refractivity contribution in [3.05, 3.63) is 35.9 Å². The van der Waals surface area contributed by atoms with Gasteiger partial charge in [-0.15, -0.1) is 0 Å². The highest BCUT2D eigenvalue weighted by atomic mass is 16.7. The minimum absolute atomic E-state index is 0.185. The van der Waals surface area contributed by atoms with E-state index in [0.717, 1.165) is 25.7 Å². The molecule has 0 fully saturated rings. The molecule has 0 aromatic heterocycles. The van der Waals surface area contributed by atoms with E-state index in [9.17, 15) is 15.0 Å². The van der Waals surface area contributed by atoms with Gasteiger partial charge in [0.1, 0.15) is 6.10 Å². The molecule has 2 unspecified atom stereocenters.